The summed E-state index contributed by atoms with van der Waals surface area (Å²) >= 11 is 4.64. The molecule has 0 saturated carbocycles. The smallest absolute Gasteiger partial charge is 0.218 e. The van der Waals surface area contributed by atoms with Crippen molar-refractivity contribution in [3.63, 3.8) is 0 Å². The lowest BCUT2D eigenvalue weighted by Gasteiger charge is -2.02. The highest BCUT2D eigenvalue weighted by Gasteiger charge is 1.90. The van der Waals surface area contributed by atoms with Gasteiger partial charge >= 0.3 is 0 Å². The van der Waals surface area contributed by atoms with E-state index in [0.717, 1.165) is 0 Å². The van der Waals surface area contributed by atoms with Crippen molar-refractivity contribution in [2.45, 2.75) is 53.6 Å². The summed E-state index contributed by atoms with van der Waals surface area (Å²) in [6.07, 6.45) is 0. The van der Waals surface area contributed by atoms with Crippen LogP contribution < -0.4 is 11.1 Å². The van der Waals surface area contributed by atoms with Crippen LogP contribution in [-0.2, 0) is 9.59 Å². The van der Waals surface area contributed by atoms with E-state index in [1.54, 1.807) is 0 Å². The van der Waals surface area contributed by atoms with Crippen molar-refractivity contribution in [1.82, 2.24) is 5.32 Å². The molecular weight excluding hydrogens is 216 g/mol. The zero-order valence-corrected chi connectivity index (χ0v) is 11.2. The van der Waals surface area contributed by atoms with E-state index in [0.29, 0.717) is 6.04 Å². The number of nitrogens with two attached hydrogens (primary N) is 1. The molecule has 0 aliphatic heterocycles. The summed E-state index contributed by atoms with van der Waals surface area (Å²) in [5, 5.41) is 2.31. The lowest BCUT2D eigenvalue weighted by atomic mass is 10.4. The van der Waals surface area contributed by atoms with Gasteiger partial charge < -0.3 is 11.1 Å². The van der Waals surface area contributed by atoms with E-state index >= 15 is 0 Å². The zero-order chi connectivity index (χ0) is 13.0. The summed E-state index contributed by atoms with van der Waals surface area (Å²) in [6.45, 7) is 10.6. The normalized spacial score (nSPS) is 8.40. The Morgan fingerprint density at radius 3 is 1.33 bits per heavy atom. The Hall–Kier alpha value is -0.610. The van der Waals surface area contributed by atoms with Gasteiger partial charge in [0.2, 0.25) is 11.1 Å². The first-order valence-corrected chi connectivity index (χ1v) is 5.16. The van der Waals surface area contributed by atoms with Crippen LogP contribution in [0.5, 0.6) is 0 Å². The maximum absolute atomic E-state index is 10.1. The van der Waals surface area contributed by atoms with Gasteiger partial charge in [0.15, 0.2) is 0 Å². The Morgan fingerprint density at radius 2 is 1.33 bits per heavy atom. The van der Waals surface area contributed by atoms with E-state index in [4.69, 9.17) is 5.73 Å². The quantitative estimate of drug-likeness (QED) is 0.683. The Balaban J connectivity index is -0.000000155. The fourth-order valence-electron chi connectivity index (χ4n) is 0.407. The van der Waals surface area contributed by atoms with Crippen LogP contribution in [0.2, 0.25) is 0 Å². The van der Waals surface area contributed by atoms with Crippen LogP contribution >= 0.6 is 11.6 Å². The number of hydrogen-bond acceptors (Lipinski definition) is 3. The Morgan fingerprint density at radius 1 is 1.13 bits per heavy atom. The standard InChI is InChI=1S/C5H11NO.C3H9N.C2H3ClO/c1-4(2)6-5(3)7;1-3(2)4;1-2(3)4/h4H,1-3H3,(H,6,7);3H,4H2,1-2H3;1H3. The highest BCUT2D eigenvalue weighted by atomic mass is 35.5. The number of carbonyl (C=O) groups excluding carboxylic acids is 2. The molecule has 3 N–H and O–H groups in total. The molecule has 0 aliphatic carbocycles. The fourth-order valence-corrected chi connectivity index (χ4v) is 0.407. The van der Waals surface area contributed by atoms with Crippen molar-refractivity contribution in [3.05, 3.63) is 0 Å². The molecule has 0 bridgehead atoms. The van der Waals surface area contributed by atoms with Gasteiger partial charge in [0, 0.05) is 19.9 Å². The molecule has 0 atom stereocenters. The van der Waals surface area contributed by atoms with E-state index in [9.17, 15) is 9.59 Å². The van der Waals surface area contributed by atoms with Crippen LogP contribution in [0, 0.1) is 0 Å². The van der Waals surface area contributed by atoms with Gasteiger partial charge in [-0.2, -0.15) is 0 Å². The summed E-state index contributed by atoms with van der Waals surface area (Å²) in [5.41, 5.74) is 5.11. The fraction of sp³-hybridized carbons (Fsp3) is 0.800. The van der Waals surface area contributed by atoms with Crippen molar-refractivity contribution in [2.75, 3.05) is 0 Å². The summed E-state index contributed by atoms with van der Waals surface area (Å²) in [7, 11) is 0. The number of nitrogens with one attached hydrogen (secondary N) is 1. The number of amides is 1. The van der Waals surface area contributed by atoms with Crippen LogP contribution in [0.1, 0.15) is 41.5 Å². The van der Waals surface area contributed by atoms with E-state index in [1.807, 2.05) is 27.7 Å². The van der Waals surface area contributed by atoms with Gasteiger partial charge in [-0.05, 0) is 31.5 Å². The molecule has 0 radical (unpaired) electrons. The lowest BCUT2D eigenvalue weighted by molar-refractivity contribution is -0.119. The minimum absolute atomic E-state index is 0.0370. The van der Waals surface area contributed by atoms with Gasteiger partial charge in [0.25, 0.3) is 0 Å². The largest absolute Gasteiger partial charge is 0.354 e. The van der Waals surface area contributed by atoms with Gasteiger partial charge in [-0.1, -0.05) is 13.8 Å². The second-order valence-electron chi connectivity index (χ2n) is 3.57. The molecule has 0 heterocycles. The topological polar surface area (TPSA) is 72.2 Å². The SMILES string of the molecule is CC(=O)Cl.CC(=O)NC(C)C.CC(C)N. The van der Waals surface area contributed by atoms with Crippen molar-refractivity contribution in [2.24, 2.45) is 5.73 Å². The molecule has 92 valence electrons. The van der Waals surface area contributed by atoms with Crippen molar-refractivity contribution in [1.29, 1.82) is 0 Å². The molecule has 0 saturated heterocycles. The van der Waals surface area contributed by atoms with E-state index in [2.05, 4.69) is 16.9 Å². The predicted octanol–water partition coefficient (Wildman–Crippen LogP) is 1.66. The van der Waals surface area contributed by atoms with E-state index in [1.165, 1.54) is 13.8 Å². The molecule has 15 heavy (non-hydrogen) atoms. The molecule has 0 aromatic carbocycles. The molecule has 1 amide bonds. The third-order valence-electron chi connectivity index (χ3n) is 0.492. The van der Waals surface area contributed by atoms with Crippen LogP contribution in [0.3, 0.4) is 0 Å². The molecule has 5 heteroatoms. The highest BCUT2D eigenvalue weighted by molar-refractivity contribution is 6.62. The molecule has 0 aromatic heterocycles. The van der Waals surface area contributed by atoms with Crippen LogP contribution in [0.15, 0.2) is 0 Å². The van der Waals surface area contributed by atoms with Crippen LogP contribution in [-0.4, -0.2) is 23.2 Å². The lowest BCUT2D eigenvalue weighted by Crippen LogP contribution is -2.27. The molecule has 0 aliphatic rings. The van der Waals surface area contributed by atoms with Crippen molar-refractivity contribution in [3.8, 4) is 0 Å². The average molecular weight is 239 g/mol. The predicted molar refractivity (Wildman–Crippen MR) is 64.8 cm³/mol. The number of carbonyl (C=O) groups is 2. The number of hydrogen-bond donors (Lipinski definition) is 2. The van der Waals surface area contributed by atoms with Crippen LogP contribution in [0.4, 0.5) is 0 Å². The van der Waals surface area contributed by atoms with Gasteiger partial charge in [-0.15, -0.1) is 0 Å². The molecule has 0 rings (SSSR count). The number of halogens is 1. The third kappa shape index (κ3) is 151. The monoisotopic (exact) mass is 238 g/mol. The second kappa shape index (κ2) is 13.4. The Labute approximate surface area is 97.6 Å². The van der Waals surface area contributed by atoms with Crippen molar-refractivity contribution < 1.29 is 9.59 Å². The van der Waals surface area contributed by atoms with Gasteiger partial charge in [0.05, 0.1) is 0 Å². The minimum Gasteiger partial charge on any atom is -0.354 e. The first-order valence-electron chi connectivity index (χ1n) is 4.78. The summed E-state index contributed by atoms with van der Waals surface area (Å²) in [6, 6.07) is 0.609. The second-order valence-corrected chi connectivity index (χ2v) is 4.10. The Bertz CT molecular complexity index is 164. The van der Waals surface area contributed by atoms with Crippen LogP contribution in [0.25, 0.3) is 0 Å². The maximum Gasteiger partial charge on any atom is 0.218 e. The average Bonchev–Trinajstić information content (AvgIpc) is 1.78. The molecule has 0 fully saturated rings. The molecule has 0 aromatic rings. The third-order valence-corrected chi connectivity index (χ3v) is 0.492. The maximum atomic E-state index is 10.1. The summed E-state index contributed by atoms with van der Waals surface area (Å²) in [5.74, 6) is 0.0370. The summed E-state index contributed by atoms with van der Waals surface area (Å²) < 4.78 is 0. The Kier molecular flexibility index (Phi) is 17.8. The van der Waals surface area contributed by atoms with E-state index < -0.39 is 0 Å². The van der Waals surface area contributed by atoms with Gasteiger partial charge in [-0.25, -0.2) is 0 Å². The molecule has 0 unspecified atom stereocenters. The summed E-state index contributed by atoms with van der Waals surface area (Å²) in [4.78, 5) is 19.4. The number of rotatable bonds is 1. The van der Waals surface area contributed by atoms with Gasteiger partial charge in [0.1, 0.15) is 0 Å². The van der Waals surface area contributed by atoms with Crippen molar-refractivity contribution >= 4 is 22.8 Å². The minimum atomic E-state index is -0.361. The first-order chi connectivity index (χ1) is 6.59. The first kappa shape index (κ1) is 19.9. The van der Waals surface area contributed by atoms with E-state index in [-0.39, 0.29) is 17.2 Å². The van der Waals surface area contributed by atoms with Gasteiger partial charge in [-0.3, -0.25) is 9.59 Å². The molecule has 4 nitrogen and oxygen atoms in total. The highest BCUT2D eigenvalue weighted by Crippen LogP contribution is 1.72. The zero-order valence-electron chi connectivity index (χ0n) is 10.4. The molecular formula is C10H23ClN2O2. The molecule has 0 spiro atoms.